The van der Waals surface area contributed by atoms with E-state index < -0.39 is 0 Å². The first kappa shape index (κ1) is 14.0. The van der Waals surface area contributed by atoms with Gasteiger partial charge >= 0.3 is 5.97 Å². The van der Waals surface area contributed by atoms with E-state index in [2.05, 4.69) is 20.7 Å². The summed E-state index contributed by atoms with van der Waals surface area (Å²) in [5.41, 5.74) is 0.619. The van der Waals surface area contributed by atoms with Crippen LogP contribution < -0.4 is 0 Å². The van der Waals surface area contributed by atoms with Crippen LogP contribution in [0.1, 0.15) is 20.1 Å². The number of thiophene rings is 1. The van der Waals surface area contributed by atoms with Crippen LogP contribution in [0.15, 0.2) is 40.9 Å². The lowest BCUT2D eigenvalue weighted by atomic mass is 10.1. The van der Waals surface area contributed by atoms with Crippen molar-refractivity contribution in [3.63, 3.8) is 0 Å². The molecule has 1 aromatic heterocycles. The van der Waals surface area contributed by atoms with Gasteiger partial charge in [-0.3, -0.25) is 9.59 Å². The minimum Gasteiger partial charge on any atom is -0.469 e. The van der Waals surface area contributed by atoms with Crippen molar-refractivity contribution in [3.05, 3.63) is 56.2 Å². The predicted octanol–water partition coefficient (Wildman–Crippen LogP) is 3.46. The smallest absolute Gasteiger partial charge is 0.310 e. The predicted molar refractivity (Wildman–Crippen MR) is 77.6 cm³/mol. The van der Waals surface area contributed by atoms with Gasteiger partial charge in [0.05, 0.1) is 18.4 Å². The number of esters is 1. The molecule has 2 aromatic rings. The topological polar surface area (TPSA) is 43.4 Å². The maximum Gasteiger partial charge on any atom is 0.310 e. The zero-order chi connectivity index (χ0) is 13.8. The maximum atomic E-state index is 12.3. The molecule has 0 fully saturated rings. The Morgan fingerprint density at radius 2 is 1.95 bits per heavy atom. The summed E-state index contributed by atoms with van der Waals surface area (Å²) < 4.78 is 5.37. The molecule has 0 amide bonds. The molecule has 0 aliphatic heterocycles. The van der Waals surface area contributed by atoms with E-state index in [0.29, 0.717) is 10.4 Å². The van der Waals surface area contributed by atoms with Crippen LogP contribution in [0, 0.1) is 0 Å². The van der Waals surface area contributed by atoms with Gasteiger partial charge in [-0.05, 0) is 24.3 Å². The summed E-state index contributed by atoms with van der Waals surface area (Å²) in [6, 6.07) is 10.8. The van der Waals surface area contributed by atoms with Gasteiger partial charge in [-0.25, -0.2) is 0 Å². The second kappa shape index (κ2) is 6.12. The normalized spacial score (nSPS) is 10.2. The Bertz CT molecular complexity index is 619. The van der Waals surface area contributed by atoms with Gasteiger partial charge in [-0.2, -0.15) is 0 Å². The highest BCUT2D eigenvalue weighted by atomic mass is 79.9. The molecule has 0 radical (unpaired) electrons. The van der Waals surface area contributed by atoms with E-state index in [1.54, 1.807) is 18.2 Å². The summed E-state index contributed by atoms with van der Waals surface area (Å²) in [5.74, 6) is -0.352. The van der Waals surface area contributed by atoms with Crippen molar-refractivity contribution in [1.82, 2.24) is 0 Å². The van der Waals surface area contributed by atoms with E-state index in [9.17, 15) is 9.59 Å². The number of carbonyl (C=O) groups excluding carboxylic acids is 2. The maximum absolute atomic E-state index is 12.3. The number of benzene rings is 1. The van der Waals surface area contributed by atoms with Crippen LogP contribution in [-0.4, -0.2) is 18.9 Å². The lowest BCUT2D eigenvalue weighted by Gasteiger charge is -2.00. The van der Waals surface area contributed by atoms with Crippen LogP contribution in [0.2, 0.25) is 0 Å². The molecule has 0 aliphatic carbocycles. The molecule has 0 N–H and O–H groups in total. The molecule has 5 heteroatoms. The molecule has 0 atom stereocenters. The number of ether oxygens (including phenoxy) is 1. The highest BCUT2D eigenvalue weighted by Gasteiger charge is 2.15. The largest absolute Gasteiger partial charge is 0.469 e. The average molecular weight is 339 g/mol. The molecule has 0 saturated heterocycles. The molecule has 1 aromatic carbocycles. The minimum absolute atomic E-state index is 0.0476. The third kappa shape index (κ3) is 3.30. The molecule has 0 spiro atoms. The van der Waals surface area contributed by atoms with Gasteiger partial charge in [0.15, 0.2) is 0 Å². The van der Waals surface area contributed by atoms with Gasteiger partial charge in [0.2, 0.25) is 5.78 Å². The summed E-state index contributed by atoms with van der Waals surface area (Å²) in [5, 5.41) is 0. The zero-order valence-corrected chi connectivity index (χ0v) is 12.6. The molecule has 2 rings (SSSR count). The summed E-state index contributed by atoms with van der Waals surface area (Å²) in [7, 11) is 1.35. The summed E-state index contributed by atoms with van der Waals surface area (Å²) >= 11 is 4.68. The highest BCUT2D eigenvalue weighted by Crippen LogP contribution is 2.24. The van der Waals surface area contributed by atoms with E-state index in [4.69, 9.17) is 0 Å². The molecule has 19 heavy (non-hydrogen) atoms. The number of halogens is 1. The van der Waals surface area contributed by atoms with Crippen molar-refractivity contribution in [1.29, 1.82) is 0 Å². The third-order valence-corrected chi connectivity index (χ3v) is 4.33. The number of methoxy groups -OCH3 is 1. The lowest BCUT2D eigenvalue weighted by Crippen LogP contribution is -2.02. The van der Waals surface area contributed by atoms with Crippen molar-refractivity contribution in [2.45, 2.75) is 6.42 Å². The quantitative estimate of drug-likeness (QED) is 0.633. The Kier molecular flexibility index (Phi) is 4.50. The Labute approximate surface area is 123 Å². The van der Waals surface area contributed by atoms with Gasteiger partial charge in [0, 0.05) is 14.9 Å². The van der Waals surface area contributed by atoms with Crippen LogP contribution in [0.25, 0.3) is 0 Å². The highest BCUT2D eigenvalue weighted by molar-refractivity contribution is 9.10. The molecule has 98 valence electrons. The van der Waals surface area contributed by atoms with Gasteiger partial charge in [-0.1, -0.05) is 28.1 Å². The molecule has 0 saturated carbocycles. The van der Waals surface area contributed by atoms with Crippen molar-refractivity contribution in [2.24, 2.45) is 0 Å². The van der Waals surface area contributed by atoms with Gasteiger partial charge in [0.25, 0.3) is 0 Å². The Hall–Kier alpha value is -1.46. The zero-order valence-electron chi connectivity index (χ0n) is 10.2. The first-order valence-corrected chi connectivity index (χ1v) is 7.17. The summed E-state index contributed by atoms with van der Waals surface area (Å²) in [6.45, 7) is 0. The second-order valence-electron chi connectivity index (χ2n) is 3.83. The fraction of sp³-hybridized carbons (Fsp3) is 0.143. The van der Waals surface area contributed by atoms with E-state index in [1.807, 2.05) is 18.2 Å². The molecule has 0 unspecified atom stereocenters. The number of carbonyl (C=O) groups is 2. The number of hydrogen-bond donors (Lipinski definition) is 0. The number of rotatable bonds is 4. The SMILES string of the molecule is COC(=O)Cc1ccc(C(=O)c2ccccc2Br)s1. The summed E-state index contributed by atoms with van der Waals surface area (Å²) in [6.07, 6.45) is 0.199. The third-order valence-electron chi connectivity index (χ3n) is 2.55. The molecular formula is C14H11BrO3S. The second-order valence-corrected chi connectivity index (χ2v) is 5.85. The first-order valence-electron chi connectivity index (χ1n) is 5.56. The van der Waals surface area contributed by atoms with Gasteiger partial charge in [-0.15, -0.1) is 11.3 Å². The van der Waals surface area contributed by atoms with Crippen molar-refractivity contribution < 1.29 is 14.3 Å². The van der Waals surface area contributed by atoms with Crippen molar-refractivity contribution in [2.75, 3.05) is 7.11 Å². The first-order chi connectivity index (χ1) is 9.11. The number of hydrogen-bond acceptors (Lipinski definition) is 4. The lowest BCUT2D eigenvalue weighted by molar-refractivity contribution is -0.139. The van der Waals surface area contributed by atoms with Crippen LogP contribution >= 0.6 is 27.3 Å². The molecule has 1 heterocycles. The molecule has 0 aliphatic rings. The van der Waals surface area contributed by atoms with Gasteiger partial charge < -0.3 is 4.74 Å². The molecular weight excluding hydrogens is 328 g/mol. The molecule has 0 bridgehead atoms. The van der Waals surface area contributed by atoms with Crippen molar-refractivity contribution in [3.8, 4) is 0 Å². The van der Waals surface area contributed by atoms with E-state index in [0.717, 1.165) is 9.35 Å². The fourth-order valence-electron chi connectivity index (χ4n) is 1.59. The van der Waals surface area contributed by atoms with Gasteiger partial charge in [0.1, 0.15) is 0 Å². The van der Waals surface area contributed by atoms with E-state index in [1.165, 1.54) is 18.4 Å². The Morgan fingerprint density at radius 1 is 1.21 bits per heavy atom. The Balaban J connectivity index is 2.21. The van der Waals surface area contributed by atoms with Crippen LogP contribution in [-0.2, 0) is 16.0 Å². The number of ketones is 1. The van der Waals surface area contributed by atoms with E-state index in [-0.39, 0.29) is 18.2 Å². The van der Waals surface area contributed by atoms with Crippen LogP contribution in [0.5, 0.6) is 0 Å². The summed E-state index contributed by atoms with van der Waals surface area (Å²) in [4.78, 5) is 24.9. The molecule has 3 nitrogen and oxygen atoms in total. The van der Waals surface area contributed by atoms with E-state index >= 15 is 0 Å². The minimum atomic E-state index is -0.304. The standard InChI is InChI=1S/C14H11BrO3S/c1-18-13(16)8-9-6-7-12(19-9)14(17)10-4-2-3-5-11(10)15/h2-7H,8H2,1H3. The monoisotopic (exact) mass is 338 g/mol. The van der Waals surface area contributed by atoms with Crippen LogP contribution in [0.3, 0.4) is 0 Å². The fourth-order valence-corrected chi connectivity index (χ4v) is 3.00. The Morgan fingerprint density at radius 3 is 2.63 bits per heavy atom. The van der Waals surface area contributed by atoms with Crippen LogP contribution in [0.4, 0.5) is 0 Å². The van der Waals surface area contributed by atoms with Crippen molar-refractivity contribution >= 4 is 39.0 Å². The average Bonchev–Trinajstić information content (AvgIpc) is 2.87.